The third-order valence-corrected chi connectivity index (χ3v) is 7.18. The van der Waals surface area contributed by atoms with E-state index in [4.69, 9.17) is 21.7 Å². The first kappa shape index (κ1) is 19.5. The molecule has 2 saturated heterocycles. The van der Waals surface area contributed by atoms with Gasteiger partial charge in [0.25, 0.3) is 0 Å². The van der Waals surface area contributed by atoms with Crippen molar-refractivity contribution < 1.29 is 17.9 Å². The Morgan fingerprint density at radius 2 is 1.71 bits per heavy atom. The van der Waals surface area contributed by atoms with Crippen molar-refractivity contribution in [1.82, 2.24) is 19.1 Å². The first-order valence-corrected chi connectivity index (χ1v) is 11.0. The van der Waals surface area contributed by atoms with Gasteiger partial charge in [-0.25, -0.2) is 8.42 Å². The summed E-state index contributed by atoms with van der Waals surface area (Å²) in [6, 6.07) is 5.41. The smallest absolute Gasteiger partial charge is 0.245 e. The summed E-state index contributed by atoms with van der Waals surface area (Å²) in [7, 11) is -3.69. The monoisotopic (exact) mass is 425 g/mol. The van der Waals surface area contributed by atoms with Crippen LogP contribution in [0.25, 0.3) is 5.69 Å². The van der Waals surface area contributed by atoms with Crippen LogP contribution in [-0.2, 0) is 19.5 Å². The summed E-state index contributed by atoms with van der Waals surface area (Å²) in [6.45, 7) is 5.76. The molecule has 2 aliphatic heterocycles. The molecule has 0 spiro atoms. The molecule has 0 atom stereocenters. The van der Waals surface area contributed by atoms with Crippen LogP contribution in [0.3, 0.4) is 0 Å². The second kappa shape index (κ2) is 7.91. The fraction of sp³-hybridized carbons (Fsp3) is 0.529. The number of nitrogens with zero attached hydrogens (tertiary/aromatic N) is 4. The Bertz CT molecular complexity index is 1000. The van der Waals surface area contributed by atoms with Gasteiger partial charge in [0.15, 0.2) is 4.77 Å². The zero-order chi connectivity index (χ0) is 19.7. The van der Waals surface area contributed by atoms with Crippen LogP contribution in [-0.4, -0.2) is 80.1 Å². The van der Waals surface area contributed by atoms with Gasteiger partial charge in [0.05, 0.1) is 37.8 Å². The number of aromatic amines is 1. The van der Waals surface area contributed by atoms with Crippen molar-refractivity contribution in [2.45, 2.75) is 11.8 Å². The molecular weight excluding hydrogens is 402 g/mol. The van der Waals surface area contributed by atoms with E-state index in [0.29, 0.717) is 74.6 Å². The fourth-order valence-electron chi connectivity index (χ4n) is 3.52. The molecule has 152 valence electrons. The predicted octanol–water partition coefficient (Wildman–Crippen LogP) is 1.10. The molecule has 9 nitrogen and oxygen atoms in total. The number of morpholine rings is 2. The second-order valence-corrected chi connectivity index (χ2v) is 8.97. The van der Waals surface area contributed by atoms with Crippen LogP contribution in [0.5, 0.6) is 0 Å². The number of H-pyrrole nitrogens is 1. The quantitative estimate of drug-likeness (QED) is 0.733. The Kier molecular flexibility index (Phi) is 5.52. The lowest BCUT2D eigenvalue weighted by Crippen LogP contribution is -2.42. The molecule has 0 bridgehead atoms. The zero-order valence-electron chi connectivity index (χ0n) is 15.6. The van der Waals surface area contributed by atoms with Gasteiger partial charge in [0, 0.05) is 26.2 Å². The molecule has 3 heterocycles. The maximum absolute atomic E-state index is 13.5. The van der Waals surface area contributed by atoms with Crippen LogP contribution in [0.1, 0.15) is 5.82 Å². The number of ether oxygens (including phenoxy) is 2. The van der Waals surface area contributed by atoms with E-state index in [1.807, 2.05) is 19.1 Å². The minimum atomic E-state index is -3.69. The van der Waals surface area contributed by atoms with E-state index in [2.05, 4.69) is 15.1 Å². The number of benzene rings is 1. The van der Waals surface area contributed by atoms with E-state index >= 15 is 0 Å². The Labute approximate surface area is 168 Å². The van der Waals surface area contributed by atoms with E-state index < -0.39 is 10.0 Å². The second-order valence-electron chi connectivity index (χ2n) is 6.68. The summed E-state index contributed by atoms with van der Waals surface area (Å²) in [4.78, 5) is 2.33. The lowest BCUT2D eigenvalue weighted by Gasteiger charge is -2.33. The lowest BCUT2D eigenvalue weighted by atomic mass is 10.2. The molecule has 1 aromatic carbocycles. The molecule has 0 radical (unpaired) electrons. The molecule has 0 unspecified atom stereocenters. The Morgan fingerprint density at radius 1 is 1.07 bits per heavy atom. The molecule has 11 heteroatoms. The first-order chi connectivity index (χ1) is 13.5. The van der Waals surface area contributed by atoms with Crippen LogP contribution in [0.15, 0.2) is 23.1 Å². The lowest BCUT2D eigenvalue weighted by molar-refractivity contribution is 0.0730. The van der Waals surface area contributed by atoms with E-state index in [-0.39, 0.29) is 4.90 Å². The van der Waals surface area contributed by atoms with Crippen LogP contribution < -0.4 is 4.90 Å². The number of hydrogen-bond donors (Lipinski definition) is 1. The summed E-state index contributed by atoms with van der Waals surface area (Å²) in [6.07, 6.45) is 0. The van der Waals surface area contributed by atoms with Crippen LogP contribution in [0.4, 0.5) is 5.69 Å². The van der Waals surface area contributed by atoms with Gasteiger partial charge in [0.1, 0.15) is 10.7 Å². The normalized spacial score (nSPS) is 19.1. The maximum Gasteiger partial charge on any atom is 0.245 e. The summed E-state index contributed by atoms with van der Waals surface area (Å²) < 4.78 is 41.4. The molecule has 28 heavy (non-hydrogen) atoms. The van der Waals surface area contributed by atoms with E-state index in [1.54, 1.807) is 10.6 Å². The molecule has 4 rings (SSSR count). The summed E-state index contributed by atoms with van der Waals surface area (Å²) in [5, 5.41) is 6.88. The summed E-state index contributed by atoms with van der Waals surface area (Å²) in [5.74, 6) is 0.666. The maximum atomic E-state index is 13.5. The number of nitrogens with one attached hydrogen (secondary N) is 1. The topological polar surface area (TPSA) is 92.7 Å². The molecule has 0 aliphatic carbocycles. The van der Waals surface area contributed by atoms with Crippen molar-refractivity contribution >= 4 is 27.9 Å². The molecule has 0 saturated carbocycles. The highest BCUT2D eigenvalue weighted by Crippen LogP contribution is 2.31. The summed E-state index contributed by atoms with van der Waals surface area (Å²) in [5.41, 5.74) is 1.35. The minimum absolute atomic E-state index is 0.274. The molecule has 1 aromatic heterocycles. The van der Waals surface area contributed by atoms with Gasteiger partial charge < -0.3 is 14.4 Å². The van der Waals surface area contributed by atoms with Crippen molar-refractivity contribution in [2.75, 3.05) is 57.5 Å². The van der Waals surface area contributed by atoms with E-state index in [1.165, 1.54) is 4.31 Å². The SMILES string of the molecule is Cc1n[nH]c(=S)n1-c1ccc(N2CCOCC2)c(S(=O)(=O)N2CCOCC2)c1. The number of sulfonamides is 1. The molecule has 2 fully saturated rings. The number of anilines is 1. The molecule has 1 N–H and O–H groups in total. The Morgan fingerprint density at radius 3 is 2.32 bits per heavy atom. The third-order valence-electron chi connectivity index (χ3n) is 4.98. The highest BCUT2D eigenvalue weighted by Gasteiger charge is 2.31. The molecule has 0 amide bonds. The fourth-order valence-corrected chi connectivity index (χ4v) is 5.44. The standard InChI is InChI=1S/C17H23N5O4S2/c1-13-18-19-17(27)22(13)14-2-3-15(20-4-8-25-9-5-20)16(12-14)28(23,24)21-6-10-26-11-7-21/h2-3,12H,4-11H2,1H3,(H,19,27). The Balaban J connectivity index is 1.84. The largest absolute Gasteiger partial charge is 0.379 e. The number of hydrogen-bond acceptors (Lipinski definition) is 7. The average Bonchev–Trinajstić information content (AvgIpc) is 3.07. The van der Waals surface area contributed by atoms with Crippen LogP contribution >= 0.6 is 12.2 Å². The predicted molar refractivity (Wildman–Crippen MR) is 106 cm³/mol. The number of rotatable bonds is 4. The number of aryl methyl sites for hydroxylation is 1. The average molecular weight is 426 g/mol. The van der Waals surface area contributed by atoms with Gasteiger partial charge in [0.2, 0.25) is 10.0 Å². The number of aromatic nitrogens is 3. The molecule has 2 aromatic rings. The van der Waals surface area contributed by atoms with Crippen molar-refractivity contribution in [3.05, 3.63) is 28.8 Å². The van der Waals surface area contributed by atoms with Gasteiger partial charge >= 0.3 is 0 Å². The molecule has 2 aliphatic rings. The third kappa shape index (κ3) is 3.60. The minimum Gasteiger partial charge on any atom is -0.379 e. The van der Waals surface area contributed by atoms with Crippen LogP contribution in [0.2, 0.25) is 0 Å². The molecular formula is C17H23N5O4S2. The van der Waals surface area contributed by atoms with Crippen molar-refractivity contribution in [3.63, 3.8) is 0 Å². The van der Waals surface area contributed by atoms with E-state index in [9.17, 15) is 8.42 Å². The van der Waals surface area contributed by atoms with Crippen molar-refractivity contribution in [1.29, 1.82) is 0 Å². The van der Waals surface area contributed by atoms with Gasteiger partial charge in [-0.15, -0.1) is 0 Å². The Hall–Kier alpha value is -1.79. The van der Waals surface area contributed by atoms with Gasteiger partial charge in [-0.2, -0.15) is 9.40 Å². The van der Waals surface area contributed by atoms with E-state index in [0.717, 1.165) is 0 Å². The van der Waals surface area contributed by atoms with Gasteiger partial charge in [-0.3, -0.25) is 9.67 Å². The summed E-state index contributed by atoms with van der Waals surface area (Å²) >= 11 is 5.32. The van der Waals surface area contributed by atoms with Crippen molar-refractivity contribution in [3.8, 4) is 5.69 Å². The van der Waals surface area contributed by atoms with Crippen molar-refractivity contribution in [2.24, 2.45) is 0 Å². The van der Waals surface area contributed by atoms with Gasteiger partial charge in [-0.1, -0.05) is 0 Å². The highest BCUT2D eigenvalue weighted by atomic mass is 32.2. The zero-order valence-corrected chi connectivity index (χ0v) is 17.3. The highest BCUT2D eigenvalue weighted by molar-refractivity contribution is 7.89. The van der Waals surface area contributed by atoms with Gasteiger partial charge in [-0.05, 0) is 37.3 Å². The van der Waals surface area contributed by atoms with Crippen LogP contribution in [0, 0.1) is 11.7 Å². The first-order valence-electron chi connectivity index (χ1n) is 9.17.